The molecule has 1 saturated heterocycles. The van der Waals surface area contributed by atoms with Gasteiger partial charge in [-0.25, -0.2) is 0 Å². The summed E-state index contributed by atoms with van der Waals surface area (Å²) >= 11 is 5.49. The molecular formula is C14H17ClN2O2. The summed E-state index contributed by atoms with van der Waals surface area (Å²) in [5.41, 5.74) is 1.94. The molecule has 0 bridgehead atoms. The summed E-state index contributed by atoms with van der Waals surface area (Å²) in [6.07, 6.45) is 1.90. The van der Waals surface area contributed by atoms with Crippen LogP contribution in [0.3, 0.4) is 0 Å². The molecule has 0 aliphatic carbocycles. The second kappa shape index (κ2) is 6.57. The lowest BCUT2D eigenvalue weighted by molar-refractivity contribution is -0.121. The summed E-state index contributed by atoms with van der Waals surface area (Å²) in [5, 5.41) is 2.79. The molecule has 2 rings (SSSR count). The van der Waals surface area contributed by atoms with Crippen molar-refractivity contribution in [1.29, 1.82) is 0 Å². The van der Waals surface area contributed by atoms with Gasteiger partial charge < -0.3 is 10.2 Å². The Balaban J connectivity index is 1.91. The second-order valence-electron chi connectivity index (χ2n) is 4.53. The van der Waals surface area contributed by atoms with Crippen molar-refractivity contribution >= 4 is 29.1 Å². The van der Waals surface area contributed by atoms with Crippen LogP contribution in [0.4, 0.5) is 5.69 Å². The molecular weight excluding hydrogens is 264 g/mol. The number of rotatable bonds is 5. The molecule has 0 atom stereocenters. The molecule has 0 unspecified atom stereocenters. The lowest BCUT2D eigenvalue weighted by Crippen LogP contribution is -2.24. The molecule has 1 aromatic rings. The highest BCUT2D eigenvalue weighted by molar-refractivity contribution is 6.18. The molecule has 0 saturated carbocycles. The highest BCUT2D eigenvalue weighted by atomic mass is 35.5. The smallest absolute Gasteiger partial charge is 0.227 e. The third-order valence-electron chi connectivity index (χ3n) is 3.13. The van der Waals surface area contributed by atoms with E-state index in [0.717, 1.165) is 24.2 Å². The average Bonchev–Trinajstić information content (AvgIpc) is 2.84. The summed E-state index contributed by atoms with van der Waals surface area (Å²) in [4.78, 5) is 24.7. The summed E-state index contributed by atoms with van der Waals surface area (Å²) < 4.78 is 0. The van der Waals surface area contributed by atoms with E-state index in [9.17, 15) is 9.59 Å². The molecule has 1 fully saturated rings. The van der Waals surface area contributed by atoms with Gasteiger partial charge >= 0.3 is 0 Å². The maximum atomic E-state index is 11.6. The van der Waals surface area contributed by atoms with Crippen molar-refractivity contribution < 1.29 is 9.59 Å². The predicted molar refractivity (Wildman–Crippen MR) is 75.2 cm³/mol. The third-order valence-corrected chi connectivity index (χ3v) is 3.32. The van der Waals surface area contributed by atoms with Gasteiger partial charge in [0.25, 0.3) is 0 Å². The molecule has 1 aliphatic heterocycles. The number of hydrogen-bond acceptors (Lipinski definition) is 2. The standard InChI is InChI=1S/C14H17ClN2O2/c15-8-7-13(18)16-10-11-3-5-12(6-4-11)17-9-1-2-14(17)19/h3-6H,1-2,7-10H2,(H,16,18). The van der Waals surface area contributed by atoms with Crippen molar-refractivity contribution in [2.24, 2.45) is 0 Å². The van der Waals surface area contributed by atoms with Crippen molar-refractivity contribution in [3.05, 3.63) is 29.8 Å². The van der Waals surface area contributed by atoms with Crippen LogP contribution in [0, 0.1) is 0 Å². The first-order valence-electron chi connectivity index (χ1n) is 6.42. The summed E-state index contributed by atoms with van der Waals surface area (Å²) in [6.45, 7) is 1.29. The first-order chi connectivity index (χ1) is 9.20. The van der Waals surface area contributed by atoms with E-state index in [1.165, 1.54) is 0 Å². The number of benzene rings is 1. The zero-order chi connectivity index (χ0) is 13.7. The van der Waals surface area contributed by atoms with Crippen LogP contribution in [-0.2, 0) is 16.1 Å². The summed E-state index contributed by atoms with van der Waals surface area (Å²) in [7, 11) is 0. The lowest BCUT2D eigenvalue weighted by Gasteiger charge is -2.16. The molecule has 0 radical (unpaired) electrons. The maximum absolute atomic E-state index is 11.6. The first kappa shape index (κ1) is 13.9. The van der Waals surface area contributed by atoms with Gasteiger partial charge in [0.15, 0.2) is 0 Å². The fraction of sp³-hybridized carbons (Fsp3) is 0.429. The van der Waals surface area contributed by atoms with E-state index in [2.05, 4.69) is 5.32 Å². The molecule has 4 nitrogen and oxygen atoms in total. The second-order valence-corrected chi connectivity index (χ2v) is 4.91. The number of amides is 2. The van der Waals surface area contributed by atoms with Crippen LogP contribution >= 0.6 is 11.6 Å². The Labute approximate surface area is 117 Å². The van der Waals surface area contributed by atoms with Gasteiger partial charge in [-0.15, -0.1) is 11.6 Å². The van der Waals surface area contributed by atoms with E-state index in [1.807, 2.05) is 24.3 Å². The zero-order valence-corrected chi connectivity index (χ0v) is 11.4. The summed E-state index contributed by atoms with van der Waals surface area (Å²) in [5.74, 6) is 0.471. The fourth-order valence-electron chi connectivity index (χ4n) is 2.09. The highest BCUT2D eigenvalue weighted by Gasteiger charge is 2.21. The normalized spacial score (nSPS) is 14.8. The highest BCUT2D eigenvalue weighted by Crippen LogP contribution is 2.21. The third kappa shape index (κ3) is 3.70. The molecule has 1 aromatic carbocycles. The van der Waals surface area contributed by atoms with Crippen molar-refractivity contribution in [3.63, 3.8) is 0 Å². The van der Waals surface area contributed by atoms with Crippen LogP contribution in [-0.4, -0.2) is 24.2 Å². The SMILES string of the molecule is O=C(CCCl)NCc1ccc(N2CCCC2=O)cc1. The van der Waals surface area contributed by atoms with Crippen LogP contribution in [0.5, 0.6) is 0 Å². The van der Waals surface area contributed by atoms with Gasteiger partial charge in [-0.2, -0.15) is 0 Å². The van der Waals surface area contributed by atoms with E-state index in [4.69, 9.17) is 11.6 Å². The van der Waals surface area contributed by atoms with E-state index >= 15 is 0 Å². The van der Waals surface area contributed by atoms with Gasteiger partial charge in [0.1, 0.15) is 0 Å². The van der Waals surface area contributed by atoms with Gasteiger partial charge in [0.05, 0.1) is 0 Å². The lowest BCUT2D eigenvalue weighted by atomic mass is 10.2. The number of alkyl halides is 1. The summed E-state index contributed by atoms with van der Waals surface area (Å²) in [6, 6.07) is 7.71. The minimum Gasteiger partial charge on any atom is -0.352 e. The Morgan fingerprint density at radius 2 is 2.05 bits per heavy atom. The van der Waals surface area contributed by atoms with Crippen molar-refractivity contribution in [2.75, 3.05) is 17.3 Å². The Morgan fingerprint density at radius 1 is 1.32 bits per heavy atom. The number of carbonyl (C=O) groups excluding carboxylic acids is 2. The maximum Gasteiger partial charge on any atom is 0.227 e. The van der Waals surface area contributed by atoms with Crippen molar-refractivity contribution in [3.8, 4) is 0 Å². The molecule has 1 N–H and O–H groups in total. The predicted octanol–water partition coefficient (Wildman–Crippen LogP) is 2.06. The van der Waals surface area contributed by atoms with Gasteiger partial charge in [-0.3, -0.25) is 9.59 Å². The molecule has 5 heteroatoms. The van der Waals surface area contributed by atoms with Crippen molar-refractivity contribution in [2.45, 2.75) is 25.8 Å². The number of hydrogen-bond donors (Lipinski definition) is 1. The molecule has 0 spiro atoms. The Hall–Kier alpha value is -1.55. The fourth-order valence-corrected chi connectivity index (χ4v) is 2.26. The number of nitrogens with one attached hydrogen (secondary N) is 1. The van der Waals surface area contributed by atoms with E-state index in [-0.39, 0.29) is 11.8 Å². The van der Waals surface area contributed by atoms with Crippen LogP contribution in [0.2, 0.25) is 0 Å². The molecule has 19 heavy (non-hydrogen) atoms. The van der Waals surface area contributed by atoms with Gasteiger partial charge in [-0.05, 0) is 24.1 Å². The van der Waals surface area contributed by atoms with Crippen LogP contribution in [0.15, 0.2) is 24.3 Å². The monoisotopic (exact) mass is 280 g/mol. The minimum atomic E-state index is -0.0474. The Bertz CT molecular complexity index is 459. The Kier molecular flexibility index (Phi) is 4.80. The quantitative estimate of drug-likeness (QED) is 0.840. The van der Waals surface area contributed by atoms with Crippen LogP contribution in [0.25, 0.3) is 0 Å². The molecule has 0 aromatic heterocycles. The van der Waals surface area contributed by atoms with E-state index in [1.54, 1.807) is 4.90 Å². The van der Waals surface area contributed by atoms with Crippen molar-refractivity contribution in [1.82, 2.24) is 5.32 Å². The number of halogens is 1. The minimum absolute atomic E-state index is 0.0474. The number of anilines is 1. The topological polar surface area (TPSA) is 49.4 Å². The van der Waals surface area contributed by atoms with Crippen LogP contribution in [0.1, 0.15) is 24.8 Å². The van der Waals surface area contributed by atoms with Gasteiger partial charge in [0, 0.05) is 37.5 Å². The van der Waals surface area contributed by atoms with E-state index in [0.29, 0.717) is 25.3 Å². The van der Waals surface area contributed by atoms with Gasteiger partial charge in [0.2, 0.25) is 11.8 Å². The molecule has 102 valence electrons. The molecule has 1 aliphatic rings. The average molecular weight is 281 g/mol. The van der Waals surface area contributed by atoms with E-state index < -0.39 is 0 Å². The largest absolute Gasteiger partial charge is 0.352 e. The molecule has 1 heterocycles. The first-order valence-corrected chi connectivity index (χ1v) is 6.96. The number of carbonyl (C=O) groups is 2. The van der Waals surface area contributed by atoms with Crippen LogP contribution < -0.4 is 10.2 Å². The Morgan fingerprint density at radius 3 is 2.63 bits per heavy atom. The van der Waals surface area contributed by atoms with Gasteiger partial charge in [-0.1, -0.05) is 12.1 Å². The molecule has 2 amide bonds. The zero-order valence-electron chi connectivity index (χ0n) is 10.7. The number of nitrogens with zero attached hydrogens (tertiary/aromatic N) is 1.